The average molecular weight is 434 g/mol. The third kappa shape index (κ3) is 4.74. The number of H-pyrrole nitrogens is 1. The van der Waals surface area contributed by atoms with Gasteiger partial charge in [-0.25, -0.2) is 0 Å². The van der Waals surface area contributed by atoms with Crippen molar-refractivity contribution < 1.29 is 0 Å². The molecular weight excluding hydrogens is 411 g/mol. The summed E-state index contributed by atoms with van der Waals surface area (Å²) in [6.07, 6.45) is 0.837. The zero-order valence-corrected chi connectivity index (χ0v) is 16.3. The lowest BCUT2D eigenvalue weighted by atomic mass is 10.1. The van der Waals surface area contributed by atoms with Gasteiger partial charge in [-0.1, -0.05) is 24.3 Å². The van der Waals surface area contributed by atoms with Crippen molar-refractivity contribution in [3.05, 3.63) is 65.4 Å². The summed E-state index contributed by atoms with van der Waals surface area (Å²) in [6.45, 7) is 4.79. The molecule has 0 unspecified atom stereocenters. The van der Waals surface area contributed by atoms with Crippen molar-refractivity contribution in [3.63, 3.8) is 0 Å². The number of nitrogens with two attached hydrogens (primary N) is 1. The Morgan fingerprint density at radius 1 is 1.08 bits per heavy atom. The van der Waals surface area contributed by atoms with Crippen LogP contribution in [0.4, 0.5) is 5.69 Å². The van der Waals surface area contributed by atoms with Gasteiger partial charge in [0, 0.05) is 29.9 Å². The highest BCUT2D eigenvalue weighted by atomic mass is 127. The summed E-state index contributed by atoms with van der Waals surface area (Å²) in [5, 5.41) is 4.38. The van der Waals surface area contributed by atoms with Gasteiger partial charge in [-0.2, -0.15) is 0 Å². The summed E-state index contributed by atoms with van der Waals surface area (Å²) in [4.78, 5) is 7.81. The van der Waals surface area contributed by atoms with Gasteiger partial charge in [-0.3, -0.25) is 4.99 Å². The predicted molar refractivity (Wildman–Crippen MR) is 113 cm³/mol. The van der Waals surface area contributed by atoms with Crippen molar-refractivity contribution in [1.82, 2.24) is 4.98 Å². The number of aryl methyl sites for hydroxylation is 2. The largest absolute Gasteiger partial charge is 0.370 e. The van der Waals surface area contributed by atoms with Crippen LogP contribution in [0.3, 0.4) is 0 Å². The van der Waals surface area contributed by atoms with E-state index in [9.17, 15) is 0 Å². The monoisotopic (exact) mass is 434 g/mol. The molecule has 126 valence electrons. The topological polar surface area (TPSA) is 66.2 Å². The van der Waals surface area contributed by atoms with Crippen LogP contribution in [0.15, 0.2) is 53.5 Å². The standard InChI is InChI=1S/C19H22N4.HI/c1-13-9-14(2)11-17(10-13)23-19(20)21-8-7-16-12-15-5-3-4-6-18(15)22-16;/h3-6,9-12,22H,7-8H2,1-2H3,(H3,20,21,23);1H. The van der Waals surface area contributed by atoms with E-state index in [0.29, 0.717) is 12.5 Å². The first-order chi connectivity index (χ1) is 11.1. The molecule has 4 nitrogen and oxygen atoms in total. The zero-order valence-electron chi connectivity index (χ0n) is 14.0. The van der Waals surface area contributed by atoms with E-state index in [1.807, 2.05) is 12.1 Å². The smallest absolute Gasteiger partial charge is 0.193 e. The van der Waals surface area contributed by atoms with Crippen LogP contribution in [-0.4, -0.2) is 17.5 Å². The lowest BCUT2D eigenvalue weighted by Gasteiger charge is -2.07. The number of hydrogen-bond acceptors (Lipinski definition) is 1. The molecule has 0 bridgehead atoms. The molecule has 0 atom stereocenters. The van der Waals surface area contributed by atoms with Gasteiger partial charge in [-0.15, -0.1) is 24.0 Å². The van der Waals surface area contributed by atoms with Gasteiger partial charge >= 0.3 is 0 Å². The number of halogens is 1. The normalized spacial score (nSPS) is 11.3. The summed E-state index contributed by atoms with van der Waals surface area (Å²) < 4.78 is 0. The summed E-state index contributed by atoms with van der Waals surface area (Å²) in [5.41, 5.74) is 11.7. The molecule has 0 saturated heterocycles. The van der Waals surface area contributed by atoms with Gasteiger partial charge in [0.2, 0.25) is 0 Å². The molecular formula is C19H23IN4. The molecule has 0 saturated carbocycles. The fourth-order valence-corrected chi connectivity index (χ4v) is 2.80. The van der Waals surface area contributed by atoms with Crippen molar-refractivity contribution >= 4 is 46.5 Å². The summed E-state index contributed by atoms with van der Waals surface area (Å²) >= 11 is 0. The molecule has 3 aromatic rings. The fraction of sp³-hybridized carbons (Fsp3) is 0.211. The van der Waals surface area contributed by atoms with Crippen molar-refractivity contribution in [2.75, 3.05) is 11.9 Å². The van der Waals surface area contributed by atoms with Crippen LogP contribution in [-0.2, 0) is 6.42 Å². The number of aromatic nitrogens is 1. The van der Waals surface area contributed by atoms with Crippen molar-refractivity contribution in [2.45, 2.75) is 20.3 Å². The Kier molecular flexibility index (Phi) is 6.25. The number of nitrogens with zero attached hydrogens (tertiary/aromatic N) is 1. The van der Waals surface area contributed by atoms with Crippen LogP contribution >= 0.6 is 24.0 Å². The number of para-hydroxylation sites is 1. The number of benzene rings is 2. The van der Waals surface area contributed by atoms with E-state index < -0.39 is 0 Å². The SMILES string of the molecule is Cc1cc(C)cc(NC(N)=NCCc2cc3ccccc3[nH]2)c1.I. The van der Waals surface area contributed by atoms with Gasteiger partial charge in [-0.05, 0) is 54.6 Å². The fourth-order valence-electron chi connectivity index (χ4n) is 2.80. The van der Waals surface area contributed by atoms with E-state index in [2.05, 4.69) is 65.5 Å². The third-order valence-corrected chi connectivity index (χ3v) is 3.74. The van der Waals surface area contributed by atoms with Crippen molar-refractivity contribution in [3.8, 4) is 0 Å². The van der Waals surface area contributed by atoms with Gasteiger partial charge in [0.1, 0.15) is 0 Å². The van der Waals surface area contributed by atoms with E-state index in [1.54, 1.807) is 0 Å². The maximum atomic E-state index is 5.97. The number of guanidine groups is 1. The van der Waals surface area contributed by atoms with Crippen LogP contribution in [0.5, 0.6) is 0 Å². The minimum absolute atomic E-state index is 0. The Morgan fingerprint density at radius 3 is 2.50 bits per heavy atom. The number of aromatic amines is 1. The zero-order chi connectivity index (χ0) is 16.2. The highest BCUT2D eigenvalue weighted by molar-refractivity contribution is 14.0. The molecule has 1 aromatic heterocycles. The van der Waals surface area contributed by atoms with Crippen LogP contribution in [0.25, 0.3) is 10.9 Å². The minimum Gasteiger partial charge on any atom is -0.370 e. The Balaban J connectivity index is 0.00000208. The Labute approximate surface area is 159 Å². The molecule has 4 N–H and O–H groups in total. The van der Waals surface area contributed by atoms with Gasteiger partial charge in [0.05, 0.1) is 0 Å². The summed E-state index contributed by atoms with van der Waals surface area (Å²) in [6, 6.07) is 16.7. The van der Waals surface area contributed by atoms with Gasteiger partial charge in [0.25, 0.3) is 0 Å². The summed E-state index contributed by atoms with van der Waals surface area (Å²) in [7, 11) is 0. The predicted octanol–water partition coefficient (Wildman–Crippen LogP) is 4.37. The molecule has 1 heterocycles. The van der Waals surface area contributed by atoms with E-state index >= 15 is 0 Å². The minimum atomic E-state index is 0. The molecule has 0 radical (unpaired) electrons. The molecule has 2 aromatic carbocycles. The number of rotatable bonds is 4. The second kappa shape index (κ2) is 8.19. The van der Waals surface area contributed by atoms with E-state index in [0.717, 1.165) is 17.6 Å². The first-order valence-corrected chi connectivity index (χ1v) is 7.82. The Bertz CT molecular complexity index is 798. The van der Waals surface area contributed by atoms with Crippen LogP contribution in [0.2, 0.25) is 0 Å². The lowest BCUT2D eigenvalue weighted by Crippen LogP contribution is -2.23. The van der Waals surface area contributed by atoms with Crippen molar-refractivity contribution in [1.29, 1.82) is 0 Å². The van der Waals surface area contributed by atoms with Crippen LogP contribution in [0.1, 0.15) is 16.8 Å². The van der Waals surface area contributed by atoms with Gasteiger partial charge in [0.15, 0.2) is 5.96 Å². The molecule has 0 aliphatic rings. The van der Waals surface area contributed by atoms with E-state index in [-0.39, 0.29) is 24.0 Å². The first-order valence-electron chi connectivity index (χ1n) is 7.82. The highest BCUT2D eigenvalue weighted by Crippen LogP contribution is 2.15. The number of anilines is 1. The van der Waals surface area contributed by atoms with E-state index in [1.165, 1.54) is 22.2 Å². The first kappa shape index (κ1) is 18.3. The molecule has 0 spiro atoms. The van der Waals surface area contributed by atoms with Gasteiger partial charge < -0.3 is 16.0 Å². The molecule has 24 heavy (non-hydrogen) atoms. The molecule has 0 aliphatic carbocycles. The Hall–Kier alpha value is -2.02. The maximum absolute atomic E-state index is 5.97. The lowest BCUT2D eigenvalue weighted by molar-refractivity contribution is 0.937. The molecule has 0 fully saturated rings. The number of nitrogens with one attached hydrogen (secondary N) is 2. The molecule has 3 rings (SSSR count). The third-order valence-electron chi connectivity index (χ3n) is 3.74. The summed E-state index contributed by atoms with van der Waals surface area (Å²) in [5.74, 6) is 0.450. The number of fused-ring (bicyclic) bond motifs is 1. The molecule has 5 heteroatoms. The quantitative estimate of drug-likeness (QED) is 0.324. The number of hydrogen-bond donors (Lipinski definition) is 3. The molecule has 0 amide bonds. The second-order valence-electron chi connectivity index (χ2n) is 5.90. The van der Waals surface area contributed by atoms with E-state index in [4.69, 9.17) is 5.73 Å². The van der Waals surface area contributed by atoms with Crippen LogP contribution in [0, 0.1) is 13.8 Å². The average Bonchev–Trinajstić information content (AvgIpc) is 2.88. The maximum Gasteiger partial charge on any atom is 0.193 e. The number of aliphatic imine (C=N–C) groups is 1. The van der Waals surface area contributed by atoms with Crippen molar-refractivity contribution in [2.24, 2.45) is 10.7 Å². The molecule has 0 aliphatic heterocycles. The highest BCUT2D eigenvalue weighted by Gasteiger charge is 2.00. The van der Waals surface area contributed by atoms with Crippen LogP contribution < -0.4 is 11.1 Å². The Morgan fingerprint density at radius 2 is 1.79 bits per heavy atom. The second-order valence-corrected chi connectivity index (χ2v) is 5.90.